The summed E-state index contributed by atoms with van der Waals surface area (Å²) >= 11 is 3.58. The topological polar surface area (TPSA) is 21.3 Å². The van der Waals surface area contributed by atoms with E-state index in [1.807, 2.05) is 7.05 Å². The van der Waals surface area contributed by atoms with Crippen molar-refractivity contribution in [3.05, 3.63) is 39.4 Å². The van der Waals surface area contributed by atoms with Gasteiger partial charge < -0.3 is 10.1 Å². The molecule has 1 aliphatic rings. The Labute approximate surface area is 118 Å². The van der Waals surface area contributed by atoms with Crippen molar-refractivity contribution >= 4 is 15.9 Å². The van der Waals surface area contributed by atoms with Crippen molar-refractivity contribution in [2.75, 3.05) is 20.2 Å². The summed E-state index contributed by atoms with van der Waals surface area (Å²) in [5.41, 5.74) is 4.04. The van der Waals surface area contributed by atoms with Crippen molar-refractivity contribution in [2.45, 2.75) is 26.2 Å². The third-order valence-corrected chi connectivity index (χ3v) is 3.64. The summed E-state index contributed by atoms with van der Waals surface area (Å²) in [6.07, 6.45) is 5.40. The number of nitrogens with one attached hydrogen (secondary N) is 1. The molecule has 98 valence electrons. The van der Waals surface area contributed by atoms with Gasteiger partial charge in [0.2, 0.25) is 0 Å². The molecule has 1 N–H and O–H groups in total. The van der Waals surface area contributed by atoms with E-state index in [4.69, 9.17) is 4.74 Å². The molecular formula is C15H20BrNO. The standard InChI is InChI=1S/C15H20BrNO/c1-11(4-3-6-17-2)8-13-10-14(16)9-12-5-7-18-15(12)13/h4,9-10,17H,3,5-8H2,1-2H3/b11-4-. The van der Waals surface area contributed by atoms with Crippen molar-refractivity contribution in [2.24, 2.45) is 0 Å². The van der Waals surface area contributed by atoms with E-state index in [0.717, 1.165) is 42.6 Å². The second kappa shape index (κ2) is 6.39. The van der Waals surface area contributed by atoms with Crippen LogP contribution in [-0.4, -0.2) is 20.2 Å². The molecule has 0 aliphatic carbocycles. The van der Waals surface area contributed by atoms with E-state index < -0.39 is 0 Å². The van der Waals surface area contributed by atoms with E-state index in [1.54, 1.807) is 0 Å². The molecule has 2 nitrogen and oxygen atoms in total. The Hall–Kier alpha value is -0.800. The smallest absolute Gasteiger partial charge is 0.126 e. The van der Waals surface area contributed by atoms with Gasteiger partial charge in [0, 0.05) is 10.9 Å². The lowest BCUT2D eigenvalue weighted by molar-refractivity contribution is 0.354. The third kappa shape index (κ3) is 3.36. The normalized spacial score (nSPS) is 14.5. The summed E-state index contributed by atoms with van der Waals surface area (Å²) in [7, 11) is 1.98. The van der Waals surface area contributed by atoms with Gasteiger partial charge in [0.1, 0.15) is 5.75 Å². The first-order valence-corrected chi connectivity index (χ1v) is 7.24. The fraction of sp³-hybridized carbons (Fsp3) is 0.467. The van der Waals surface area contributed by atoms with E-state index in [1.165, 1.54) is 16.7 Å². The number of allylic oxidation sites excluding steroid dienone is 1. The van der Waals surface area contributed by atoms with E-state index in [9.17, 15) is 0 Å². The highest BCUT2D eigenvalue weighted by Crippen LogP contribution is 2.34. The van der Waals surface area contributed by atoms with Crippen LogP contribution >= 0.6 is 15.9 Å². The minimum absolute atomic E-state index is 0.821. The predicted molar refractivity (Wildman–Crippen MR) is 79.3 cm³/mol. The second-order valence-electron chi connectivity index (χ2n) is 4.77. The fourth-order valence-electron chi connectivity index (χ4n) is 2.31. The summed E-state index contributed by atoms with van der Waals surface area (Å²) in [6.45, 7) is 4.05. The zero-order chi connectivity index (χ0) is 13.0. The monoisotopic (exact) mass is 309 g/mol. The Kier molecular flexibility index (Phi) is 4.84. The van der Waals surface area contributed by atoms with E-state index in [0.29, 0.717) is 0 Å². The van der Waals surface area contributed by atoms with Gasteiger partial charge in [-0.2, -0.15) is 0 Å². The zero-order valence-electron chi connectivity index (χ0n) is 11.1. The average molecular weight is 310 g/mol. The highest BCUT2D eigenvalue weighted by molar-refractivity contribution is 9.10. The minimum Gasteiger partial charge on any atom is -0.493 e. The molecule has 0 saturated carbocycles. The average Bonchev–Trinajstić information content (AvgIpc) is 2.77. The Morgan fingerprint density at radius 3 is 3.11 bits per heavy atom. The van der Waals surface area contributed by atoms with E-state index in [-0.39, 0.29) is 0 Å². The van der Waals surface area contributed by atoms with E-state index in [2.05, 4.69) is 46.4 Å². The Morgan fingerprint density at radius 2 is 2.33 bits per heavy atom. The zero-order valence-corrected chi connectivity index (χ0v) is 12.6. The van der Waals surface area contributed by atoms with Crippen LogP contribution in [0, 0.1) is 0 Å². The minimum atomic E-state index is 0.821. The van der Waals surface area contributed by atoms with Crippen molar-refractivity contribution in [1.29, 1.82) is 0 Å². The van der Waals surface area contributed by atoms with Crippen LogP contribution in [0.2, 0.25) is 0 Å². The van der Waals surface area contributed by atoms with Crippen LogP contribution < -0.4 is 10.1 Å². The lowest BCUT2D eigenvalue weighted by Crippen LogP contribution is -2.06. The number of hydrogen-bond acceptors (Lipinski definition) is 2. The number of fused-ring (bicyclic) bond motifs is 1. The van der Waals surface area contributed by atoms with Crippen molar-refractivity contribution < 1.29 is 4.74 Å². The molecule has 18 heavy (non-hydrogen) atoms. The molecule has 0 radical (unpaired) electrons. The molecule has 1 heterocycles. The number of halogens is 1. The van der Waals surface area contributed by atoms with Gasteiger partial charge >= 0.3 is 0 Å². The summed E-state index contributed by atoms with van der Waals surface area (Å²) in [4.78, 5) is 0. The van der Waals surface area contributed by atoms with Gasteiger partial charge in [0.15, 0.2) is 0 Å². The number of rotatable bonds is 5. The van der Waals surface area contributed by atoms with Gasteiger partial charge in [0.25, 0.3) is 0 Å². The van der Waals surface area contributed by atoms with Gasteiger partial charge in [-0.15, -0.1) is 0 Å². The number of ether oxygens (including phenoxy) is 1. The maximum absolute atomic E-state index is 5.75. The van der Waals surface area contributed by atoms with Crippen LogP contribution in [0.3, 0.4) is 0 Å². The lowest BCUT2D eigenvalue weighted by Gasteiger charge is -2.09. The molecule has 0 spiro atoms. The Bertz CT molecular complexity index is 454. The summed E-state index contributed by atoms with van der Waals surface area (Å²) < 4.78 is 6.91. The molecule has 2 rings (SSSR count). The molecule has 0 saturated heterocycles. The van der Waals surface area contributed by atoms with Crippen LogP contribution in [0.25, 0.3) is 0 Å². The number of benzene rings is 1. The maximum atomic E-state index is 5.75. The van der Waals surface area contributed by atoms with Crippen LogP contribution in [0.1, 0.15) is 24.5 Å². The molecular weight excluding hydrogens is 290 g/mol. The molecule has 0 unspecified atom stereocenters. The molecule has 0 atom stereocenters. The molecule has 0 amide bonds. The molecule has 0 fully saturated rings. The van der Waals surface area contributed by atoms with Gasteiger partial charge in [-0.05, 0) is 56.6 Å². The summed E-state index contributed by atoms with van der Waals surface area (Å²) in [6, 6.07) is 4.35. The first kappa shape index (κ1) is 13.6. The maximum Gasteiger partial charge on any atom is 0.126 e. The largest absolute Gasteiger partial charge is 0.493 e. The molecule has 0 bridgehead atoms. The van der Waals surface area contributed by atoms with Gasteiger partial charge in [-0.1, -0.05) is 27.6 Å². The quantitative estimate of drug-likeness (QED) is 0.664. The molecule has 0 aromatic heterocycles. The Balaban J connectivity index is 2.12. The SMILES string of the molecule is CNCC/C=C(/C)Cc1cc(Br)cc2c1OCC2. The third-order valence-electron chi connectivity index (χ3n) is 3.18. The Morgan fingerprint density at radius 1 is 1.50 bits per heavy atom. The van der Waals surface area contributed by atoms with Crippen LogP contribution in [0.15, 0.2) is 28.3 Å². The van der Waals surface area contributed by atoms with Crippen LogP contribution in [-0.2, 0) is 12.8 Å². The van der Waals surface area contributed by atoms with Crippen molar-refractivity contribution in [3.8, 4) is 5.75 Å². The van der Waals surface area contributed by atoms with Crippen LogP contribution in [0.5, 0.6) is 5.75 Å². The van der Waals surface area contributed by atoms with Crippen molar-refractivity contribution in [3.63, 3.8) is 0 Å². The fourth-order valence-corrected chi connectivity index (χ4v) is 2.87. The summed E-state index contributed by atoms with van der Waals surface area (Å²) in [5.74, 6) is 1.11. The highest BCUT2D eigenvalue weighted by Gasteiger charge is 2.17. The predicted octanol–water partition coefficient (Wildman–Crippen LogP) is 3.48. The second-order valence-corrected chi connectivity index (χ2v) is 5.69. The van der Waals surface area contributed by atoms with Crippen LogP contribution in [0.4, 0.5) is 0 Å². The van der Waals surface area contributed by atoms with Crippen molar-refractivity contribution in [1.82, 2.24) is 5.32 Å². The lowest BCUT2D eigenvalue weighted by atomic mass is 10.0. The molecule has 3 heteroatoms. The first-order chi connectivity index (χ1) is 8.70. The number of hydrogen-bond donors (Lipinski definition) is 1. The highest BCUT2D eigenvalue weighted by atomic mass is 79.9. The van der Waals surface area contributed by atoms with E-state index >= 15 is 0 Å². The molecule has 1 aromatic rings. The van der Waals surface area contributed by atoms with Gasteiger partial charge in [-0.25, -0.2) is 0 Å². The molecule has 1 aromatic carbocycles. The first-order valence-electron chi connectivity index (χ1n) is 6.45. The summed E-state index contributed by atoms with van der Waals surface area (Å²) in [5, 5.41) is 3.16. The van der Waals surface area contributed by atoms with Gasteiger partial charge in [-0.3, -0.25) is 0 Å². The molecule has 1 aliphatic heterocycles. The van der Waals surface area contributed by atoms with Gasteiger partial charge in [0.05, 0.1) is 6.61 Å².